The molecule has 2 heterocycles. The van der Waals surface area contributed by atoms with Gasteiger partial charge < -0.3 is 4.57 Å². The number of rotatable bonds is 5. The first-order valence-corrected chi connectivity index (χ1v) is 9.24. The lowest BCUT2D eigenvalue weighted by Gasteiger charge is -2.20. The molecule has 4 heteroatoms. The summed E-state index contributed by atoms with van der Waals surface area (Å²) in [5.41, 5.74) is 5.41. The normalized spacial score (nSPS) is 11.7. The first kappa shape index (κ1) is 18.1. The zero-order valence-electron chi connectivity index (χ0n) is 16.1. The molecule has 0 atom stereocenters. The Kier molecular flexibility index (Phi) is 5.08. The minimum Gasteiger partial charge on any atom is -0.327 e. The van der Waals surface area contributed by atoms with Gasteiger partial charge in [-0.15, -0.1) is 0 Å². The average molecular weight is 346 g/mol. The number of hydrogen-bond acceptors (Lipinski definition) is 3. The molecule has 1 aromatic carbocycles. The van der Waals surface area contributed by atoms with Gasteiger partial charge in [0, 0.05) is 18.3 Å². The van der Waals surface area contributed by atoms with Crippen LogP contribution in [0.15, 0.2) is 36.5 Å². The summed E-state index contributed by atoms with van der Waals surface area (Å²) in [4.78, 5) is 9.58. The smallest absolute Gasteiger partial charge is 0.124 e. The van der Waals surface area contributed by atoms with Gasteiger partial charge in [0.05, 0.1) is 23.7 Å². The van der Waals surface area contributed by atoms with Crippen LogP contribution in [0.1, 0.15) is 45.5 Å². The molecule has 0 saturated heterocycles. The predicted molar refractivity (Wildman–Crippen MR) is 106 cm³/mol. The minimum absolute atomic E-state index is 0.224. The van der Waals surface area contributed by atoms with Crippen LogP contribution in [-0.4, -0.2) is 14.5 Å². The molecular weight excluding hydrogens is 320 g/mol. The molecule has 0 unspecified atom stereocenters. The van der Waals surface area contributed by atoms with Crippen molar-refractivity contribution in [3.8, 4) is 17.3 Å². The molecule has 26 heavy (non-hydrogen) atoms. The number of pyridine rings is 1. The molecule has 0 fully saturated rings. The summed E-state index contributed by atoms with van der Waals surface area (Å²) in [5, 5.41) is 9.29. The van der Waals surface area contributed by atoms with E-state index in [1.54, 1.807) is 0 Å². The van der Waals surface area contributed by atoms with Crippen molar-refractivity contribution in [3.63, 3.8) is 0 Å². The Hall–Kier alpha value is -2.67. The van der Waals surface area contributed by atoms with Crippen LogP contribution in [0.4, 0.5) is 0 Å². The van der Waals surface area contributed by atoms with Gasteiger partial charge in [-0.25, -0.2) is 4.98 Å². The molecule has 2 aromatic heterocycles. The van der Waals surface area contributed by atoms with Gasteiger partial charge in [-0.1, -0.05) is 58.0 Å². The van der Waals surface area contributed by atoms with Gasteiger partial charge in [-0.05, 0) is 23.8 Å². The topological polar surface area (TPSA) is 54.5 Å². The zero-order chi connectivity index (χ0) is 18.7. The van der Waals surface area contributed by atoms with Crippen molar-refractivity contribution in [2.75, 3.05) is 0 Å². The Bertz CT molecular complexity index is 940. The average Bonchev–Trinajstić information content (AvgIpc) is 2.98. The maximum atomic E-state index is 9.29. The van der Waals surface area contributed by atoms with Crippen LogP contribution < -0.4 is 0 Å². The first-order valence-electron chi connectivity index (χ1n) is 9.24. The molecule has 0 N–H and O–H groups in total. The van der Waals surface area contributed by atoms with E-state index in [0.29, 0.717) is 6.42 Å². The lowest BCUT2D eigenvalue weighted by Crippen LogP contribution is -2.13. The summed E-state index contributed by atoms with van der Waals surface area (Å²) >= 11 is 0. The van der Waals surface area contributed by atoms with Gasteiger partial charge in [0.15, 0.2) is 0 Å². The van der Waals surface area contributed by atoms with E-state index in [4.69, 9.17) is 9.97 Å². The quantitative estimate of drug-likeness (QED) is 0.641. The summed E-state index contributed by atoms with van der Waals surface area (Å²) in [7, 11) is 0. The van der Waals surface area contributed by atoms with Crippen molar-refractivity contribution in [1.29, 1.82) is 5.26 Å². The van der Waals surface area contributed by atoms with E-state index in [0.717, 1.165) is 47.5 Å². The molecule has 4 nitrogen and oxygen atoms in total. The number of imidazole rings is 1. The van der Waals surface area contributed by atoms with Crippen LogP contribution in [0.2, 0.25) is 0 Å². The lowest BCUT2D eigenvalue weighted by molar-refractivity contribution is 0.350. The van der Waals surface area contributed by atoms with Gasteiger partial charge in [0.2, 0.25) is 0 Å². The fraction of sp³-hybridized carbons (Fsp3) is 0.409. The van der Waals surface area contributed by atoms with E-state index in [1.165, 1.54) is 5.56 Å². The van der Waals surface area contributed by atoms with E-state index in [1.807, 2.05) is 24.4 Å². The summed E-state index contributed by atoms with van der Waals surface area (Å²) in [6.45, 7) is 9.74. The van der Waals surface area contributed by atoms with Crippen molar-refractivity contribution in [2.45, 2.75) is 53.5 Å². The lowest BCUT2D eigenvalue weighted by atomic mass is 9.92. The second kappa shape index (κ2) is 7.29. The molecule has 3 rings (SSSR count). The summed E-state index contributed by atoms with van der Waals surface area (Å²) < 4.78 is 2.25. The number of nitriles is 1. The van der Waals surface area contributed by atoms with Crippen molar-refractivity contribution in [2.24, 2.45) is 5.41 Å². The molecule has 0 amide bonds. The molecule has 0 spiro atoms. The van der Waals surface area contributed by atoms with Crippen LogP contribution in [0, 0.1) is 16.7 Å². The van der Waals surface area contributed by atoms with E-state index in [9.17, 15) is 5.26 Å². The Balaban J connectivity index is 2.24. The number of nitrogens with zero attached hydrogens (tertiary/aromatic N) is 4. The fourth-order valence-electron chi connectivity index (χ4n) is 3.21. The second-order valence-electron chi connectivity index (χ2n) is 7.87. The zero-order valence-corrected chi connectivity index (χ0v) is 16.1. The van der Waals surface area contributed by atoms with E-state index >= 15 is 0 Å². The molecule has 0 aliphatic rings. The van der Waals surface area contributed by atoms with E-state index in [2.05, 4.69) is 50.5 Å². The highest BCUT2D eigenvalue weighted by atomic mass is 15.1. The van der Waals surface area contributed by atoms with Crippen molar-refractivity contribution in [1.82, 2.24) is 14.5 Å². The SMILES string of the molecule is CCc1cnc(-c2ccccc2)c2nc(CC#N)n(CCC(C)(C)C)c12. The Morgan fingerprint density at radius 2 is 1.88 bits per heavy atom. The molecule has 0 aliphatic carbocycles. The summed E-state index contributed by atoms with van der Waals surface area (Å²) in [5.74, 6) is 0.839. The predicted octanol–water partition coefficient (Wildman–Crippen LogP) is 5.16. The van der Waals surface area contributed by atoms with Crippen LogP contribution in [0.3, 0.4) is 0 Å². The van der Waals surface area contributed by atoms with Crippen LogP contribution in [0.5, 0.6) is 0 Å². The summed E-state index contributed by atoms with van der Waals surface area (Å²) in [6, 6.07) is 12.4. The second-order valence-corrected chi connectivity index (χ2v) is 7.87. The van der Waals surface area contributed by atoms with E-state index in [-0.39, 0.29) is 5.41 Å². The maximum absolute atomic E-state index is 9.29. The highest BCUT2D eigenvalue weighted by molar-refractivity contribution is 5.92. The van der Waals surface area contributed by atoms with Crippen molar-refractivity contribution < 1.29 is 0 Å². The number of fused-ring (bicyclic) bond motifs is 1. The molecule has 0 bridgehead atoms. The van der Waals surface area contributed by atoms with Gasteiger partial charge >= 0.3 is 0 Å². The van der Waals surface area contributed by atoms with Crippen molar-refractivity contribution >= 4 is 11.0 Å². The number of hydrogen-bond donors (Lipinski definition) is 0. The third kappa shape index (κ3) is 3.62. The standard InChI is InChI=1S/C22H26N4/c1-5-16-15-24-19(17-9-7-6-8-10-17)20-21(16)26(14-12-22(2,3)4)18(25-20)11-13-23/h6-10,15H,5,11-12,14H2,1-4H3. The number of aryl methyl sites for hydroxylation is 2. The Morgan fingerprint density at radius 1 is 1.15 bits per heavy atom. The van der Waals surface area contributed by atoms with Crippen LogP contribution in [-0.2, 0) is 19.4 Å². The Morgan fingerprint density at radius 3 is 2.50 bits per heavy atom. The molecule has 134 valence electrons. The highest BCUT2D eigenvalue weighted by Crippen LogP contribution is 2.31. The third-order valence-corrected chi connectivity index (χ3v) is 4.68. The van der Waals surface area contributed by atoms with Gasteiger partial charge in [0.25, 0.3) is 0 Å². The molecule has 3 aromatic rings. The van der Waals surface area contributed by atoms with Crippen molar-refractivity contribution in [3.05, 3.63) is 47.9 Å². The largest absolute Gasteiger partial charge is 0.327 e. The first-order chi connectivity index (χ1) is 12.4. The monoisotopic (exact) mass is 346 g/mol. The fourth-order valence-corrected chi connectivity index (χ4v) is 3.21. The minimum atomic E-state index is 0.224. The highest BCUT2D eigenvalue weighted by Gasteiger charge is 2.20. The van der Waals surface area contributed by atoms with Gasteiger partial charge in [0.1, 0.15) is 11.3 Å². The molecule has 0 saturated carbocycles. The Labute approximate surface area is 155 Å². The van der Waals surface area contributed by atoms with Gasteiger partial charge in [-0.2, -0.15) is 5.26 Å². The molecular formula is C22H26N4. The van der Waals surface area contributed by atoms with Crippen LogP contribution in [0.25, 0.3) is 22.3 Å². The maximum Gasteiger partial charge on any atom is 0.124 e. The molecule has 0 radical (unpaired) electrons. The molecule has 0 aliphatic heterocycles. The summed E-state index contributed by atoms with van der Waals surface area (Å²) in [6.07, 6.45) is 4.21. The van der Waals surface area contributed by atoms with Gasteiger partial charge in [-0.3, -0.25) is 4.98 Å². The van der Waals surface area contributed by atoms with Crippen LogP contribution >= 0.6 is 0 Å². The van der Waals surface area contributed by atoms with E-state index < -0.39 is 0 Å². The number of aromatic nitrogens is 3. The number of benzene rings is 1. The third-order valence-electron chi connectivity index (χ3n) is 4.68.